The first-order valence-corrected chi connectivity index (χ1v) is 7.64. The summed E-state index contributed by atoms with van der Waals surface area (Å²) < 4.78 is 1.90. The Morgan fingerprint density at radius 2 is 2.33 bits per heavy atom. The van der Waals surface area contributed by atoms with E-state index in [0.29, 0.717) is 12.1 Å². The van der Waals surface area contributed by atoms with Crippen molar-refractivity contribution in [1.82, 2.24) is 5.32 Å². The molecule has 2 nitrogen and oxygen atoms in total. The number of halogens is 2. The zero-order valence-electron chi connectivity index (χ0n) is 8.22. The van der Waals surface area contributed by atoms with Crippen LogP contribution < -0.4 is 5.32 Å². The van der Waals surface area contributed by atoms with Crippen molar-refractivity contribution in [2.45, 2.75) is 0 Å². The van der Waals surface area contributed by atoms with Crippen LogP contribution in [0.15, 0.2) is 22.7 Å². The van der Waals surface area contributed by atoms with Gasteiger partial charge in [0.05, 0.1) is 5.56 Å². The van der Waals surface area contributed by atoms with Crippen molar-refractivity contribution in [1.29, 1.82) is 0 Å². The molecule has 0 saturated carbocycles. The number of hydrogen-bond acceptors (Lipinski definition) is 2. The summed E-state index contributed by atoms with van der Waals surface area (Å²) >= 11 is 7.28. The van der Waals surface area contributed by atoms with E-state index in [4.69, 9.17) is 0 Å². The first-order valence-electron chi connectivity index (χ1n) is 4.37. The highest BCUT2D eigenvalue weighted by atomic mass is 127. The summed E-state index contributed by atoms with van der Waals surface area (Å²) in [5.41, 5.74) is 0.697. The van der Waals surface area contributed by atoms with Gasteiger partial charge < -0.3 is 5.32 Å². The highest BCUT2D eigenvalue weighted by Gasteiger charge is 2.09. The lowest BCUT2D eigenvalue weighted by molar-refractivity contribution is 0.0955. The summed E-state index contributed by atoms with van der Waals surface area (Å²) in [6.07, 6.45) is 2.02. The second kappa shape index (κ2) is 6.75. The van der Waals surface area contributed by atoms with Crippen molar-refractivity contribution >= 4 is 56.2 Å². The molecular weight excluding hydrogens is 389 g/mol. The van der Waals surface area contributed by atoms with E-state index in [1.54, 1.807) is 11.8 Å². The van der Waals surface area contributed by atoms with Gasteiger partial charge in [-0.1, -0.05) is 0 Å². The molecule has 0 unspecified atom stereocenters. The third kappa shape index (κ3) is 4.32. The van der Waals surface area contributed by atoms with Crippen molar-refractivity contribution in [2.24, 2.45) is 0 Å². The van der Waals surface area contributed by atoms with Crippen molar-refractivity contribution in [2.75, 3.05) is 18.6 Å². The van der Waals surface area contributed by atoms with Crippen LogP contribution in [0.2, 0.25) is 0 Å². The minimum absolute atomic E-state index is 0.0190. The van der Waals surface area contributed by atoms with Crippen LogP contribution in [0.4, 0.5) is 0 Å². The Labute approximate surface area is 116 Å². The van der Waals surface area contributed by atoms with E-state index in [0.717, 1.165) is 13.8 Å². The van der Waals surface area contributed by atoms with Gasteiger partial charge in [0.25, 0.3) is 5.91 Å². The molecule has 0 bridgehead atoms. The molecule has 1 aromatic rings. The average Bonchev–Trinajstić information content (AvgIpc) is 2.22. The summed E-state index contributed by atoms with van der Waals surface area (Å²) in [4.78, 5) is 11.7. The predicted molar refractivity (Wildman–Crippen MR) is 77.6 cm³/mol. The summed E-state index contributed by atoms with van der Waals surface area (Å²) in [5.74, 6) is 0.919. The Balaban J connectivity index is 2.68. The topological polar surface area (TPSA) is 29.1 Å². The number of carbonyl (C=O) groups is 1. The molecule has 0 aliphatic rings. The van der Waals surface area contributed by atoms with Crippen molar-refractivity contribution in [3.8, 4) is 0 Å². The molecule has 5 heteroatoms. The largest absolute Gasteiger partial charge is 0.351 e. The summed E-state index contributed by atoms with van der Waals surface area (Å²) in [7, 11) is 0. The van der Waals surface area contributed by atoms with Gasteiger partial charge in [-0.15, -0.1) is 0 Å². The molecule has 15 heavy (non-hydrogen) atoms. The van der Waals surface area contributed by atoms with Crippen LogP contribution in [0.3, 0.4) is 0 Å². The Bertz CT molecular complexity index is 359. The predicted octanol–water partition coefficient (Wildman–Crippen LogP) is 3.15. The van der Waals surface area contributed by atoms with Gasteiger partial charge in [0, 0.05) is 20.3 Å². The zero-order chi connectivity index (χ0) is 11.3. The lowest BCUT2D eigenvalue weighted by atomic mass is 10.2. The van der Waals surface area contributed by atoms with Crippen LogP contribution in [0, 0.1) is 3.57 Å². The van der Waals surface area contributed by atoms with Crippen molar-refractivity contribution < 1.29 is 4.79 Å². The number of hydrogen-bond donors (Lipinski definition) is 1. The summed E-state index contributed by atoms with van der Waals surface area (Å²) in [5, 5.41) is 2.87. The van der Waals surface area contributed by atoms with E-state index in [1.807, 2.05) is 24.5 Å². The molecule has 1 amide bonds. The van der Waals surface area contributed by atoms with Gasteiger partial charge in [0.1, 0.15) is 0 Å². The average molecular weight is 400 g/mol. The maximum atomic E-state index is 11.7. The van der Waals surface area contributed by atoms with Gasteiger partial charge in [-0.3, -0.25) is 4.79 Å². The maximum Gasteiger partial charge on any atom is 0.252 e. The van der Waals surface area contributed by atoms with Crippen LogP contribution >= 0.6 is 50.3 Å². The SMILES string of the molecule is CSCCNC(=O)c1cc(I)ccc1Br. The summed E-state index contributed by atoms with van der Waals surface area (Å²) in [6, 6.07) is 5.73. The van der Waals surface area contributed by atoms with Crippen molar-refractivity contribution in [3.63, 3.8) is 0 Å². The molecule has 1 N–H and O–H groups in total. The molecule has 0 aromatic heterocycles. The Morgan fingerprint density at radius 1 is 1.60 bits per heavy atom. The molecular formula is C10H11BrINOS. The number of nitrogens with one attached hydrogen (secondary N) is 1. The van der Waals surface area contributed by atoms with E-state index in [1.165, 1.54) is 0 Å². The van der Waals surface area contributed by atoms with Crippen LogP contribution in [0.5, 0.6) is 0 Å². The van der Waals surface area contributed by atoms with Gasteiger partial charge in [0.15, 0.2) is 0 Å². The fourth-order valence-corrected chi connectivity index (χ4v) is 2.26. The Morgan fingerprint density at radius 3 is 3.00 bits per heavy atom. The van der Waals surface area contributed by atoms with Crippen LogP contribution in [-0.2, 0) is 0 Å². The minimum atomic E-state index is -0.0190. The molecule has 0 radical (unpaired) electrons. The lowest BCUT2D eigenvalue weighted by Crippen LogP contribution is -2.26. The zero-order valence-corrected chi connectivity index (χ0v) is 12.8. The Hall–Kier alpha value is 0.250. The highest BCUT2D eigenvalue weighted by Crippen LogP contribution is 2.19. The smallest absolute Gasteiger partial charge is 0.252 e. The van der Waals surface area contributed by atoms with E-state index in [9.17, 15) is 4.79 Å². The Kier molecular flexibility index (Phi) is 5.99. The molecule has 0 aliphatic heterocycles. The van der Waals surface area contributed by atoms with Crippen LogP contribution in [-0.4, -0.2) is 24.5 Å². The molecule has 0 heterocycles. The van der Waals surface area contributed by atoms with E-state index in [2.05, 4.69) is 43.8 Å². The first-order chi connectivity index (χ1) is 7.15. The van der Waals surface area contributed by atoms with Gasteiger partial charge in [-0.2, -0.15) is 11.8 Å². The monoisotopic (exact) mass is 399 g/mol. The second-order valence-corrected chi connectivity index (χ2v) is 5.96. The molecule has 0 fully saturated rings. The molecule has 0 saturated heterocycles. The summed E-state index contributed by atoms with van der Waals surface area (Å²) in [6.45, 7) is 0.706. The highest BCUT2D eigenvalue weighted by molar-refractivity contribution is 14.1. The number of thioether (sulfide) groups is 1. The molecule has 1 aromatic carbocycles. The third-order valence-corrected chi connectivity index (χ3v) is 3.74. The molecule has 0 spiro atoms. The van der Waals surface area contributed by atoms with Crippen LogP contribution in [0.1, 0.15) is 10.4 Å². The van der Waals surface area contributed by atoms with Gasteiger partial charge in [-0.05, 0) is 63.0 Å². The number of benzene rings is 1. The minimum Gasteiger partial charge on any atom is -0.351 e. The molecule has 0 aliphatic carbocycles. The number of carbonyl (C=O) groups excluding carboxylic acids is 1. The number of rotatable bonds is 4. The van der Waals surface area contributed by atoms with Crippen LogP contribution in [0.25, 0.3) is 0 Å². The van der Waals surface area contributed by atoms with Gasteiger partial charge >= 0.3 is 0 Å². The first kappa shape index (κ1) is 13.3. The standard InChI is InChI=1S/C10H11BrINOS/c1-15-5-4-13-10(14)8-6-7(12)2-3-9(8)11/h2-3,6H,4-5H2,1H3,(H,13,14). The van der Waals surface area contributed by atoms with E-state index in [-0.39, 0.29) is 5.91 Å². The molecule has 1 rings (SSSR count). The third-order valence-electron chi connectivity index (χ3n) is 1.76. The normalized spacial score (nSPS) is 10.1. The quantitative estimate of drug-likeness (QED) is 0.622. The van der Waals surface area contributed by atoms with E-state index >= 15 is 0 Å². The maximum absolute atomic E-state index is 11.7. The van der Waals surface area contributed by atoms with E-state index < -0.39 is 0 Å². The van der Waals surface area contributed by atoms with Gasteiger partial charge in [0.2, 0.25) is 0 Å². The fraction of sp³-hybridized carbons (Fsp3) is 0.300. The molecule has 82 valence electrons. The lowest BCUT2D eigenvalue weighted by Gasteiger charge is -2.06. The second-order valence-electron chi connectivity index (χ2n) is 2.87. The van der Waals surface area contributed by atoms with Crippen molar-refractivity contribution in [3.05, 3.63) is 31.8 Å². The number of amides is 1. The fourth-order valence-electron chi connectivity index (χ4n) is 1.03. The molecule has 0 atom stereocenters. The van der Waals surface area contributed by atoms with Gasteiger partial charge in [-0.25, -0.2) is 0 Å².